The highest BCUT2D eigenvalue weighted by molar-refractivity contribution is 6.15. The van der Waals surface area contributed by atoms with Crippen molar-refractivity contribution in [1.29, 1.82) is 0 Å². The predicted molar refractivity (Wildman–Crippen MR) is 179 cm³/mol. The van der Waals surface area contributed by atoms with Crippen molar-refractivity contribution >= 4 is 33.6 Å². The van der Waals surface area contributed by atoms with E-state index in [1.54, 1.807) is 0 Å². The van der Waals surface area contributed by atoms with Crippen molar-refractivity contribution in [1.82, 2.24) is 0 Å². The highest BCUT2D eigenvalue weighted by atomic mass is 16.5. The summed E-state index contributed by atoms with van der Waals surface area (Å²) in [6.45, 7) is 0. The molecule has 0 bridgehead atoms. The van der Waals surface area contributed by atoms with Crippen molar-refractivity contribution in [3.05, 3.63) is 185 Å². The third kappa shape index (κ3) is 3.12. The van der Waals surface area contributed by atoms with Gasteiger partial charge in [-0.2, -0.15) is 0 Å². The minimum atomic E-state index is -0.749. The Morgan fingerprint density at radius 2 is 1.09 bits per heavy atom. The lowest BCUT2D eigenvalue weighted by atomic mass is 9.57. The van der Waals surface area contributed by atoms with Crippen LogP contribution in [0.3, 0.4) is 0 Å². The molecule has 2 aliphatic heterocycles. The second kappa shape index (κ2) is 8.81. The topological polar surface area (TPSA) is 29.5 Å². The van der Waals surface area contributed by atoms with Gasteiger partial charge in [0.25, 0.3) is 0 Å². The van der Waals surface area contributed by atoms with E-state index in [1.165, 1.54) is 10.8 Å². The fourth-order valence-electron chi connectivity index (χ4n) is 7.97. The van der Waals surface area contributed by atoms with Gasteiger partial charge in [0.05, 0.1) is 22.5 Å². The number of fused-ring (bicyclic) bond motifs is 11. The van der Waals surface area contributed by atoms with E-state index in [0.717, 1.165) is 73.1 Å². The first kappa shape index (κ1) is 24.5. The minimum Gasteiger partial charge on any atom is -0.453 e. The largest absolute Gasteiger partial charge is 0.453 e. The summed E-state index contributed by atoms with van der Waals surface area (Å²) in [6.07, 6.45) is 0. The van der Waals surface area contributed by atoms with Crippen LogP contribution in [0, 0.1) is 0 Å². The SMILES string of the molecule is O=C1c2ccccc2C2(c3ccccc31)c1cc(-c3ccc4ccccc4c3)ccc1N1c3ccccc3Oc3cccc2c31. The zero-order chi connectivity index (χ0) is 29.7. The van der Waals surface area contributed by atoms with E-state index < -0.39 is 5.41 Å². The summed E-state index contributed by atoms with van der Waals surface area (Å²) in [4.78, 5) is 16.5. The van der Waals surface area contributed by atoms with Gasteiger partial charge in [-0.05, 0) is 80.6 Å². The van der Waals surface area contributed by atoms with Crippen molar-refractivity contribution in [2.45, 2.75) is 5.41 Å². The highest BCUT2D eigenvalue weighted by Gasteiger charge is 2.53. The third-order valence-electron chi connectivity index (χ3n) is 9.83. The average Bonchev–Trinajstić information content (AvgIpc) is 3.11. The smallest absolute Gasteiger partial charge is 0.193 e. The van der Waals surface area contributed by atoms with Crippen LogP contribution in [0.4, 0.5) is 17.1 Å². The maximum absolute atomic E-state index is 14.1. The first-order valence-electron chi connectivity index (χ1n) is 15.3. The summed E-state index contributed by atoms with van der Waals surface area (Å²) >= 11 is 0. The number of benzene rings is 7. The molecule has 210 valence electrons. The number of carbonyl (C=O) groups excluding carboxylic acids is 1. The Morgan fingerprint density at radius 1 is 0.467 bits per heavy atom. The first-order chi connectivity index (χ1) is 22.2. The van der Waals surface area contributed by atoms with Gasteiger partial charge in [-0.3, -0.25) is 4.79 Å². The molecule has 0 aromatic heterocycles. The summed E-state index contributed by atoms with van der Waals surface area (Å²) < 4.78 is 6.60. The van der Waals surface area contributed by atoms with Crippen LogP contribution in [0.25, 0.3) is 21.9 Å². The summed E-state index contributed by atoms with van der Waals surface area (Å²) in [5.41, 5.74) is 10.3. The van der Waals surface area contributed by atoms with Gasteiger partial charge in [-0.15, -0.1) is 0 Å². The van der Waals surface area contributed by atoms with Crippen LogP contribution < -0.4 is 9.64 Å². The second-order valence-electron chi connectivity index (χ2n) is 12.0. The number of hydrogen-bond donors (Lipinski definition) is 0. The van der Waals surface area contributed by atoms with Crippen LogP contribution in [0.2, 0.25) is 0 Å². The molecule has 2 heterocycles. The number of rotatable bonds is 1. The van der Waals surface area contributed by atoms with Crippen molar-refractivity contribution in [2.24, 2.45) is 0 Å². The van der Waals surface area contributed by atoms with Crippen LogP contribution in [0.1, 0.15) is 38.2 Å². The lowest BCUT2D eigenvalue weighted by Crippen LogP contribution is -2.42. The fourth-order valence-corrected chi connectivity index (χ4v) is 7.97. The summed E-state index contributed by atoms with van der Waals surface area (Å²) in [6, 6.07) is 52.9. The second-order valence-corrected chi connectivity index (χ2v) is 12.0. The number of nitrogens with zero attached hydrogens (tertiary/aromatic N) is 1. The molecule has 0 unspecified atom stereocenters. The van der Waals surface area contributed by atoms with Crippen LogP contribution >= 0.6 is 0 Å². The normalized spacial score (nSPS) is 14.6. The lowest BCUT2D eigenvalue weighted by Gasteiger charge is -2.50. The fraction of sp³-hybridized carbons (Fsp3) is 0.0238. The van der Waals surface area contributed by atoms with Gasteiger partial charge in [-0.25, -0.2) is 0 Å². The summed E-state index contributed by atoms with van der Waals surface area (Å²) in [5, 5.41) is 2.43. The molecule has 0 radical (unpaired) electrons. The maximum Gasteiger partial charge on any atom is 0.193 e. The number of hydrogen-bond acceptors (Lipinski definition) is 3. The molecule has 0 saturated carbocycles. The third-order valence-corrected chi connectivity index (χ3v) is 9.83. The molecule has 0 N–H and O–H groups in total. The molecule has 3 nitrogen and oxygen atoms in total. The number of ketones is 1. The predicted octanol–water partition coefficient (Wildman–Crippen LogP) is 10.3. The number of carbonyl (C=O) groups is 1. The minimum absolute atomic E-state index is 0.0629. The highest BCUT2D eigenvalue weighted by Crippen LogP contribution is 2.65. The van der Waals surface area contributed by atoms with Crippen molar-refractivity contribution in [2.75, 3.05) is 4.90 Å². The molecule has 1 spiro atoms. The molecular weight excluding hydrogens is 550 g/mol. The van der Waals surface area contributed by atoms with Crippen LogP contribution in [0.15, 0.2) is 152 Å². The molecule has 10 rings (SSSR count). The molecule has 0 fully saturated rings. The van der Waals surface area contributed by atoms with E-state index in [0.29, 0.717) is 0 Å². The number of anilines is 3. The van der Waals surface area contributed by atoms with Gasteiger partial charge in [0.1, 0.15) is 0 Å². The Balaban J connectivity index is 1.37. The zero-order valence-electron chi connectivity index (χ0n) is 24.2. The van der Waals surface area contributed by atoms with E-state index >= 15 is 0 Å². The monoisotopic (exact) mass is 575 g/mol. The molecule has 1 aliphatic carbocycles. The van der Waals surface area contributed by atoms with Crippen LogP contribution in [-0.2, 0) is 5.41 Å². The quantitative estimate of drug-likeness (QED) is 0.195. The van der Waals surface area contributed by atoms with Gasteiger partial charge in [0.15, 0.2) is 17.3 Å². The molecule has 7 aromatic rings. The van der Waals surface area contributed by atoms with Gasteiger partial charge in [-0.1, -0.05) is 115 Å². The number of para-hydroxylation sites is 3. The van der Waals surface area contributed by atoms with Crippen molar-refractivity contribution < 1.29 is 9.53 Å². The standard InChI is InChI=1S/C42H25NO2/c44-41-30-12-3-5-14-32(30)42(33-15-6-4-13-31(33)41)34-16-9-19-39-40(34)43(37-17-7-8-18-38(37)45-39)36-23-22-29(25-35(36)42)28-21-20-26-10-1-2-11-27(26)24-28/h1-25H. The molecule has 45 heavy (non-hydrogen) atoms. The molecule has 0 saturated heterocycles. The Morgan fingerprint density at radius 3 is 1.91 bits per heavy atom. The number of ether oxygens (including phenoxy) is 1. The van der Waals surface area contributed by atoms with Gasteiger partial charge < -0.3 is 9.64 Å². The Hall–Kier alpha value is -5.93. The van der Waals surface area contributed by atoms with Gasteiger partial charge >= 0.3 is 0 Å². The molecular formula is C42H25NO2. The average molecular weight is 576 g/mol. The van der Waals surface area contributed by atoms with Crippen molar-refractivity contribution in [3.63, 3.8) is 0 Å². The molecule has 3 heteroatoms. The maximum atomic E-state index is 14.1. The van der Waals surface area contributed by atoms with Gasteiger partial charge in [0.2, 0.25) is 0 Å². The van der Waals surface area contributed by atoms with E-state index in [2.05, 4.69) is 120 Å². The molecule has 0 amide bonds. The van der Waals surface area contributed by atoms with Crippen molar-refractivity contribution in [3.8, 4) is 22.6 Å². The van der Waals surface area contributed by atoms with Crippen LogP contribution in [0.5, 0.6) is 11.5 Å². The summed E-state index contributed by atoms with van der Waals surface area (Å²) in [7, 11) is 0. The first-order valence-corrected chi connectivity index (χ1v) is 15.3. The molecule has 7 aromatic carbocycles. The van der Waals surface area contributed by atoms with E-state index in [4.69, 9.17) is 4.74 Å². The van der Waals surface area contributed by atoms with E-state index in [9.17, 15) is 4.79 Å². The van der Waals surface area contributed by atoms with E-state index in [-0.39, 0.29) is 5.78 Å². The van der Waals surface area contributed by atoms with Gasteiger partial charge in [0, 0.05) is 11.1 Å². The van der Waals surface area contributed by atoms with E-state index in [1.807, 2.05) is 36.4 Å². The Labute approximate surface area is 260 Å². The Bertz CT molecular complexity index is 2350. The molecule has 3 aliphatic rings. The lowest BCUT2D eigenvalue weighted by molar-refractivity contribution is 0.103. The Kier molecular flexibility index (Phi) is 4.80. The molecule has 0 atom stereocenters. The zero-order valence-corrected chi connectivity index (χ0v) is 24.2. The van der Waals surface area contributed by atoms with Crippen LogP contribution in [-0.4, -0.2) is 5.78 Å². The summed E-state index contributed by atoms with van der Waals surface area (Å²) in [5.74, 6) is 1.69.